The van der Waals surface area contributed by atoms with Crippen molar-refractivity contribution in [1.29, 1.82) is 0 Å². The maximum Gasteiger partial charge on any atom is 0.326 e. The van der Waals surface area contributed by atoms with Crippen molar-refractivity contribution >= 4 is 65.1 Å². The van der Waals surface area contributed by atoms with Crippen LogP contribution in [0, 0.1) is 17.8 Å². The van der Waals surface area contributed by atoms with Gasteiger partial charge >= 0.3 is 11.9 Å². The summed E-state index contributed by atoms with van der Waals surface area (Å²) in [5, 5.41) is 32.8. The maximum absolute atomic E-state index is 13.6. The van der Waals surface area contributed by atoms with Gasteiger partial charge in [-0.3, -0.25) is 47.9 Å². The van der Waals surface area contributed by atoms with Crippen LogP contribution in [0.5, 0.6) is 0 Å². The fraction of sp³-hybridized carbons (Fsp3) is 0.676. The summed E-state index contributed by atoms with van der Waals surface area (Å²) in [7, 11) is 0. The zero-order valence-corrected chi connectivity index (χ0v) is 32.9. The van der Waals surface area contributed by atoms with Gasteiger partial charge < -0.3 is 65.0 Å². The number of carbonyl (C=O) groups excluding carboxylic acids is 9. The van der Waals surface area contributed by atoms with Crippen LogP contribution in [0.25, 0.3) is 0 Å². The summed E-state index contributed by atoms with van der Waals surface area (Å²) in [5.74, 6) is -13.3. The van der Waals surface area contributed by atoms with E-state index in [2.05, 4.69) is 31.9 Å². The Morgan fingerprint density at radius 3 is 1.26 bits per heavy atom. The van der Waals surface area contributed by atoms with Gasteiger partial charge in [-0.25, -0.2) is 4.79 Å². The number of primary amides is 3. The van der Waals surface area contributed by atoms with Crippen LogP contribution in [0.4, 0.5) is 0 Å². The van der Waals surface area contributed by atoms with E-state index in [1.165, 1.54) is 27.7 Å². The van der Waals surface area contributed by atoms with Gasteiger partial charge in [0.1, 0.15) is 36.3 Å². The lowest BCUT2D eigenvalue weighted by atomic mass is 9.98. The molecule has 0 spiro atoms. The number of hydrogen-bond acceptors (Lipinski definition) is 12. The summed E-state index contributed by atoms with van der Waals surface area (Å²) in [6.07, 6.45) is -3.05. The third-order valence-electron chi connectivity index (χ3n) is 8.21. The highest BCUT2D eigenvalue weighted by molar-refractivity contribution is 5.99. The van der Waals surface area contributed by atoms with Crippen LogP contribution < -0.4 is 54.8 Å². The van der Waals surface area contributed by atoms with Crippen LogP contribution >= 0.6 is 0 Å². The highest BCUT2D eigenvalue weighted by Gasteiger charge is 2.36. The molecule has 0 bridgehead atoms. The topological polar surface area (TPSA) is 404 Å². The number of nitrogens with two attached hydrogens (primary N) is 4. The number of carboxylic acid groups (broad SMARTS) is 2. The lowest BCUT2D eigenvalue weighted by molar-refractivity contribution is -0.143. The fourth-order valence-corrected chi connectivity index (χ4v) is 5.16. The second-order valence-corrected chi connectivity index (χ2v) is 14.6. The van der Waals surface area contributed by atoms with Gasteiger partial charge in [-0.15, -0.1) is 0 Å². The summed E-state index contributed by atoms with van der Waals surface area (Å²) in [6, 6.07) is -10.6. The molecule has 0 aliphatic rings. The lowest BCUT2D eigenvalue weighted by Gasteiger charge is -2.29. The Morgan fingerprint density at radius 1 is 0.474 bits per heavy atom. The zero-order chi connectivity index (χ0) is 44.3. The van der Waals surface area contributed by atoms with Gasteiger partial charge in [-0.05, 0) is 37.0 Å². The minimum absolute atomic E-state index is 0.00829. The molecule has 9 amide bonds. The van der Waals surface area contributed by atoms with Crippen LogP contribution in [-0.2, 0) is 52.7 Å². The first-order valence-corrected chi connectivity index (χ1v) is 18.1. The van der Waals surface area contributed by atoms with Crippen molar-refractivity contribution in [3.8, 4) is 0 Å². The number of hydrogen-bond donors (Lipinski definition) is 12. The normalized spacial score (nSPS) is 14.8. The van der Waals surface area contributed by atoms with E-state index >= 15 is 0 Å². The Balaban J connectivity index is 6.24. The predicted molar refractivity (Wildman–Crippen MR) is 199 cm³/mol. The molecule has 0 aromatic carbocycles. The van der Waals surface area contributed by atoms with Crippen molar-refractivity contribution in [3.05, 3.63) is 0 Å². The average Bonchev–Trinajstić information content (AvgIpc) is 3.07. The van der Waals surface area contributed by atoms with Crippen molar-refractivity contribution in [2.24, 2.45) is 40.7 Å². The minimum Gasteiger partial charge on any atom is -0.481 e. The van der Waals surface area contributed by atoms with Gasteiger partial charge in [0, 0.05) is 12.8 Å². The van der Waals surface area contributed by atoms with Gasteiger partial charge in [0.05, 0.1) is 18.9 Å². The van der Waals surface area contributed by atoms with E-state index < -0.39 is 145 Å². The standard InChI is InChI=1S/C34H58N10O13/c1-14(2)11-17(35)28(50)39-18(7-9-22(36)45)29(51)41-21(13-25(48)49)31(53)43-27(16(5)6)33(55)44-26(15(3)4)32(54)42-20(12-24(38)47)30(52)40-19(34(56)57)8-10-23(37)46/h14-21,26-27H,7-13,35H2,1-6H3,(H2,36,45)(H2,37,46)(H2,38,47)(H,39,50)(H,40,52)(H,41,51)(H,42,54)(H,43,53)(H,44,55)(H,48,49)(H,56,57)/t17-,18-,19-,20-,21-,26-,27-/m0/s1. The molecule has 7 atom stereocenters. The van der Waals surface area contributed by atoms with Crippen LogP contribution in [0.3, 0.4) is 0 Å². The highest BCUT2D eigenvalue weighted by atomic mass is 16.4. The van der Waals surface area contributed by atoms with Gasteiger partial charge in [-0.1, -0.05) is 41.5 Å². The summed E-state index contributed by atoms with van der Waals surface area (Å²) >= 11 is 0. The molecule has 0 radical (unpaired) electrons. The molecule has 0 saturated carbocycles. The molecule has 0 aliphatic heterocycles. The van der Waals surface area contributed by atoms with Crippen LogP contribution in [0.1, 0.15) is 86.5 Å². The smallest absolute Gasteiger partial charge is 0.326 e. The van der Waals surface area contributed by atoms with E-state index in [4.69, 9.17) is 22.9 Å². The van der Waals surface area contributed by atoms with Crippen LogP contribution in [0.2, 0.25) is 0 Å². The van der Waals surface area contributed by atoms with Crippen molar-refractivity contribution in [2.45, 2.75) is 129 Å². The van der Waals surface area contributed by atoms with Crippen molar-refractivity contribution in [3.63, 3.8) is 0 Å². The third-order valence-corrected chi connectivity index (χ3v) is 8.21. The van der Waals surface area contributed by atoms with Crippen molar-refractivity contribution in [1.82, 2.24) is 31.9 Å². The molecule has 0 unspecified atom stereocenters. The van der Waals surface area contributed by atoms with E-state index in [9.17, 15) is 63.0 Å². The highest BCUT2D eigenvalue weighted by Crippen LogP contribution is 2.10. The van der Waals surface area contributed by atoms with Crippen molar-refractivity contribution in [2.75, 3.05) is 0 Å². The van der Waals surface area contributed by atoms with E-state index in [1.807, 2.05) is 13.8 Å². The van der Waals surface area contributed by atoms with E-state index in [-0.39, 0.29) is 25.2 Å². The monoisotopic (exact) mass is 814 g/mol. The number of aliphatic carboxylic acids is 2. The maximum atomic E-state index is 13.6. The quantitative estimate of drug-likeness (QED) is 0.0372. The molecular formula is C34H58N10O13. The molecule has 57 heavy (non-hydrogen) atoms. The number of nitrogens with one attached hydrogen (secondary N) is 6. The third kappa shape index (κ3) is 20.0. The summed E-state index contributed by atoms with van der Waals surface area (Å²) in [4.78, 5) is 137. The molecule has 322 valence electrons. The van der Waals surface area contributed by atoms with Gasteiger partial charge in [0.2, 0.25) is 53.2 Å². The molecule has 23 heteroatoms. The fourth-order valence-electron chi connectivity index (χ4n) is 5.16. The second-order valence-electron chi connectivity index (χ2n) is 14.6. The van der Waals surface area contributed by atoms with E-state index in [1.54, 1.807) is 0 Å². The molecule has 16 N–H and O–H groups in total. The van der Waals surface area contributed by atoms with Crippen LogP contribution in [-0.4, -0.2) is 118 Å². The number of amides is 9. The predicted octanol–water partition coefficient (Wildman–Crippen LogP) is -4.45. The first kappa shape index (κ1) is 51.1. The molecule has 0 saturated heterocycles. The van der Waals surface area contributed by atoms with Gasteiger partial charge in [-0.2, -0.15) is 0 Å². The molecule has 0 heterocycles. The summed E-state index contributed by atoms with van der Waals surface area (Å²) < 4.78 is 0. The second kappa shape index (κ2) is 24.6. The molecule has 0 aromatic heterocycles. The largest absolute Gasteiger partial charge is 0.481 e. The Morgan fingerprint density at radius 2 is 0.842 bits per heavy atom. The molecule has 23 nitrogen and oxygen atoms in total. The van der Waals surface area contributed by atoms with Gasteiger partial charge in [0.15, 0.2) is 0 Å². The minimum atomic E-state index is -1.82. The lowest BCUT2D eigenvalue weighted by Crippen LogP contribution is -2.61. The number of carboxylic acids is 2. The number of rotatable bonds is 27. The number of carbonyl (C=O) groups is 11. The van der Waals surface area contributed by atoms with Crippen molar-refractivity contribution < 1.29 is 63.0 Å². The summed E-state index contributed by atoms with van der Waals surface area (Å²) in [5.41, 5.74) is 21.4. The Labute approximate surface area is 329 Å². The average molecular weight is 815 g/mol. The molecule has 0 fully saturated rings. The van der Waals surface area contributed by atoms with E-state index in [0.717, 1.165) is 0 Å². The molecule has 0 aromatic rings. The van der Waals surface area contributed by atoms with Gasteiger partial charge in [0.25, 0.3) is 0 Å². The molecule has 0 rings (SSSR count). The molecular weight excluding hydrogens is 756 g/mol. The zero-order valence-electron chi connectivity index (χ0n) is 32.9. The molecule has 0 aliphatic carbocycles. The first-order chi connectivity index (χ1) is 26.3. The Hall–Kier alpha value is -5.87. The first-order valence-electron chi connectivity index (χ1n) is 18.1. The van der Waals surface area contributed by atoms with E-state index in [0.29, 0.717) is 0 Å². The van der Waals surface area contributed by atoms with Crippen LogP contribution in [0.15, 0.2) is 0 Å². The Kier molecular flexibility index (Phi) is 22.1. The SMILES string of the molecule is CC(C)C[C@H](N)C(=O)N[C@@H](CCC(N)=O)C(=O)N[C@@H](CC(=O)O)C(=O)N[C@H](C(=O)N[C@H](C(=O)N[C@@H](CC(N)=O)C(=O)N[C@@H](CCC(N)=O)C(=O)O)C(C)C)C(C)C. The summed E-state index contributed by atoms with van der Waals surface area (Å²) in [6.45, 7) is 9.62. The Bertz CT molecular complexity index is 1500.